The highest BCUT2D eigenvalue weighted by molar-refractivity contribution is 7.80. The Labute approximate surface area is 141 Å². The maximum Gasteiger partial charge on any atom is 0.281 e. The predicted octanol–water partition coefficient (Wildman–Crippen LogP) is 3.00. The van der Waals surface area contributed by atoms with Crippen molar-refractivity contribution in [3.05, 3.63) is 75.7 Å². The number of nitrogens with one attached hydrogen (secondary N) is 1. The Kier molecular flexibility index (Phi) is 4.05. The molecule has 1 aliphatic rings. The molecule has 0 aromatic heterocycles. The van der Waals surface area contributed by atoms with Gasteiger partial charge in [0.15, 0.2) is 5.11 Å². The summed E-state index contributed by atoms with van der Waals surface area (Å²) < 4.78 is 13.0. The third-order valence-corrected chi connectivity index (χ3v) is 3.64. The lowest BCUT2D eigenvalue weighted by atomic mass is 10.1. The van der Waals surface area contributed by atoms with Crippen molar-refractivity contribution in [2.24, 2.45) is 0 Å². The first kappa shape index (κ1) is 15.8. The van der Waals surface area contributed by atoms with Crippen molar-refractivity contribution in [1.29, 1.82) is 0 Å². The average Bonchev–Trinajstić information content (AvgIpc) is 2.83. The summed E-state index contributed by atoms with van der Waals surface area (Å²) in [7, 11) is 0. The van der Waals surface area contributed by atoms with Crippen molar-refractivity contribution in [3.8, 4) is 0 Å². The van der Waals surface area contributed by atoms with Gasteiger partial charge in [-0.15, -0.1) is 0 Å². The topological polar surface area (TPSA) is 75.5 Å². The number of halogens is 1. The van der Waals surface area contributed by atoms with Gasteiger partial charge in [-0.1, -0.05) is 12.1 Å². The SMILES string of the molecule is O=C1/C(=C\c2cccc([N+](=O)[O-])c2)NC(=S)N1c1ccc(F)cc1. The van der Waals surface area contributed by atoms with Crippen molar-refractivity contribution >= 4 is 40.7 Å². The Balaban J connectivity index is 1.92. The van der Waals surface area contributed by atoms with Gasteiger partial charge in [-0.05, 0) is 48.1 Å². The summed E-state index contributed by atoms with van der Waals surface area (Å²) in [6.07, 6.45) is 1.48. The van der Waals surface area contributed by atoms with Gasteiger partial charge in [-0.25, -0.2) is 4.39 Å². The first-order valence-corrected chi connectivity index (χ1v) is 7.24. The molecule has 120 valence electrons. The van der Waals surface area contributed by atoms with Crippen LogP contribution in [0.15, 0.2) is 54.2 Å². The molecule has 0 spiro atoms. The fraction of sp³-hybridized carbons (Fsp3) is 0. The van der Waals surface area contributed by atoms with E-state index in [1.807, 2.05) is 0 Å². The number of anilines is 1. The van der Waals surface area contributed by atoms with E-state index in [1.54, 1.807) is 6.07 Å². The highest BCUT2D eigenvalue weighted by Gasteiger charge is 2.31. The van der Waals surface area contributed by atoms with Gasteiger partial charge in [0, 0.05) is 12.1 Å². The molecule has 2 aromatic rings. The Morgan fingerprint density at radius 2 is 1.92 bits per heavy atom. The van der Waals surface area contributed by atoms with Gasteiger partial charge < -0.3 is 5.32 Å². The maximum atomic E-state index is 13.0. The van der Waals surface area contributed by atoms with E-state index in [0.29, 0.717) is 11.3 Å². The highest BCUT2D eigenvalue weighted by atomic mass is 32.1. The highest BCUT2D eigenvalue weighted by Crippen LogP contribution is 2.23. The van der Waals surface area contributed by atoms with Crippen LogP contribution in [0.3, 0.4) is 0 Å². The summed E-state index contributed by atoms with van der Waals surface area (Å²) in [5.41, 5.74) is 1.03. The second-order valence-electron chi connectivity index (χ2n) is 4.96. The van der Waals surface area contributed by atoms with Crippen LogP contribution < -0.4 is 10.2 Å². The molecule has 8 heteroatoms. The van der Waals surface area contributed by atoms with Crippen LogP contribution >= 0.6 is 12.2 Å². The monoisotopic (exact) mass is 343 g/mol. The zero-order valence-electron chi connectivity index (χ0n) is 12.1. The minimum atomic E-state index is -0.513. The number of carbonyl (C=O) groups excluding carboxylic acids is 1. The van der Waals surface area contributed by atoms with Crippen LogP contribution in [0.5, 0.6) is 0 Å². The normalized spacial score (nSPS) is 15.7. The summed E-state index contributed by atoms with van der Waals surface area (Å²) in [5.74, 6) is -0.838. The summed E-state index contributed by atoms with van der Waals surface area (Å²) in [6.45, 7) is 0. The first-order valence-electron chi connectivity index (χ1n) is 6.83. The number of thiocarbonyl (C=S) groups is 1. The van der Waals surface area contributed by atoms with Crippen molar-refractivity contribution in [3.63, 3.8) is 0 Å². The number of non-ortho nitro benzene ring substituents is 1. The molecule has 1 heterocycles. The Bertz CT molecular complexity index is 880. The Morgan fingerprint density at radius 3 is 2.58 bits per heavy atom. The van der Waals surface area contributed by atoms with Gasteiger partial charge in [0.25, 0.3) is 11.6 Å². The molecule has 24 heavy (non-hydrogen) atoms. The zero-order chi connectivity index (χ0) is 17.3. The van der Waals surface area contributed by atoms with Gasteiger partial charge in [0.1, 0.15) is 11.5 Å². The first-order chi connectivity index (χ1) is 11.5. The van der Waals surface area contributed by atoms with E-state index in [-0.39, 0.29) is 16.5 Å². The maximum absolute atomic E-state index is 13.0. The lowest BCUT2D eigenvalue weighted by molar-refractivity contribution is -0.384. The quantitative estimate of drug-likeness (QED) is 0.401. The lowest BCUT2D eigenvalue weighted by Gasteiger charge is -2.13. The van der Waals surface area contributed by atoms with Crippen LogP contribution in [0, 0.1) is 15.9 Å². The molecule has 1 amide bonds. The molecule has 0 atom stereocenters. The number of nitro groups is 1. The van der Waals surface area contributed by atoms with Crippen LogP contribution in [0.1, 0.15) is 5.56 Å². The van der Waals surface area contributed by atoms with Crippen LogP contribution in [0.4, 0.5) is 15.8 Å². The van der Waals surface area contributed by atoms with Crippen LogP contribution in [0.25, 0.3) is 6.08 Å². The molecule has 2 aromatic carbocycles. The lowest BCUT2D eigenvalue weighted by Crippen LogP contribution is -2.30. The van der Waals surface area contributed by atoms with Gasteiger partial charge in [-0.2, -0.15) is 0 Å². The second-order valence-corrected chi connectivity index (χ2v) is 5.34. The van der Waals surface area contributed by atoms with E-state index in [1.165, 1.54) is 53.4 Å². The van der Waals surface area contributed by atoms with E-state index in [9.17, 15) is 19.3 Å². The minimum absolute atomic E-state index is 0.0761. The third-order valence-electron chi connectivity index (χ3n) is 3.36. The molecule has 1 N–H and O–H groups in total. The largest absolute Gasteiger partial charge is 0.327 e. The van der Waals surface area contributed by atoms with Crippen LogP contribution in [0.2, 0.25) is 0 Å². The number of nitro benzene ring substituents is 1. The summed E-state index contributed by atoms with van der Waals surface area (Å²) in [6, 6.07) is 11.2. The molecule has 0 bridgehead atoms. The molecule has 3 rings (SSSR count). The fourth-order valence-corrected chi connectivity index (χ4v) is 2.55. The smallest absolute Gasteiger partial charge is 0.281 e. The molecular weight excluding hydrogens is 333 g/mol. The van der Waals surface area contributed by atoms with Gasteiger partial charge in [0.05, 0.1) is 10.6 Å². The van der Waals surface area contributed by atoms with Crippen molar-refractivity contribution in [2.45, 2.75) is 0 Å². The molecule has 0 saturated carbocycles. The number of carbonyl (C=O) groups is 1. The van der Waals surface area contributed by atoms with E-state index < -0.39 is 16.6 Å². The van der Waals surface area contributed by atoms with Gasteiger partial charge in [0.2, 0.25) is 0 Å². The molecular formula is C16H10FN3O3S. The number of rotatable bonds is 3. The molecule has 6 nitrogen and oxygen atoms in total. The van der Waals surface area contributed by atoms with Crippen molar-refractivity contribution in [2.75, 3.05) is 4.90 Å². The molecule has 0 aliphatic carbocycles. The number of amides is 1. The number of nitrogens with zero attached hydrogens (tertiary/aromatic N) is 2. The summed E-state index contributed by atoms with van der Waals surface area (Å²) in [4.78, 5) is 24.0. The number of hydrogen-bond donors (Lipinski definition) is 1. The predicted molar refractivity (Wildman–Crippen MR) is 90.7 cm³/mol. The van der Waals surface area contributed by atoms with Crippen molar-refractivity contribution in [1.82, 2.24) is 5.32 Å². The molecule has 0 unspecified atom stereocenters. The molecule has 1 aliphatic heterocycles. The summed E-state index contributed by atoms with van der Waals surface area (Å²) in [5, 5.41) is 13.7. The van der Waals surface area contributed by atoms with Crippen LogP contribution in [-0.4, -0.2) is 15.9 Å². The van der Waals surface area contributed by atoms with E-state index in [2.05, 4.69) is 5.32 Å². The average molecular weight is 343 g/mol. The minimum Gasteiger partial charge on any atom is -0.327 e. The van der Waals surface area contributed by atoms with Crippen molar-refractivity contribution < 1.29 is 14.1 Å². The van der Waals surface area contributed by atoms with E-state index >= 15 is 0 Å². The number of benzene rings is 2. The standard InChI is InChI=1S/C16H10FN3O3S/c17-11-4-6-12(7-5-11)19-15(21)14(18-16(19)24)9-10-2-1-3-13(8-10)20(22)23/h1-9H,(H,18,24)/b14-9+. The zero-order valence-corrected chi connectivity index (χ0v) is 12.9. The molecule has 1 fully saturated rings. The van der Waals surface area contributed by atoms with Gasteiger partial charge in [-0.3, -0.25) is 19.8 Å². The van der Waals surface area contributed by atoms with E-state index in [4.69, 9.17) is 12.2 Å². The molecule has 0 radical (unpaired) electrons. The molecule has 1 saturated heterocycles. The fourth-order valence-electron chi connectivity index (χ4n) is 2.25. The van der Waals surface area contributed by atoms with Gasteiger partial charge >= 0.3 is 0 Å². The number of hydrogen-bond acceptors (Lipinski definition) is 4. The Hall–Kier alpha value is -3.13. The third kappa shape index (κ3) is 2.99. The Morgan fingerprint density at radius 1 is 1.21 bits per heavy atom. The van der Waals surface area contributed by atoms with E-state index in [0.717, 1.165) is 0 Å². The summed E-state index contributed by atoms with van der Waals surface area (Å²) >= 11 is 5.14. The second kappa shape index (κ2) is 6.17. The van der Waals surface area contributed by atoms with Crippen LogP contribution in [-0.2, 0) is 4.79 Å².